The molecule has 0 fully saturated rings. The highest BCUT2D eigenvalue weighted by Gasteiger charge is 2.10. The molecule has 0 atom stereocenters. The van der Waals surface area contributed by atoms with E-state index in [2.05, 4.69) is 27.1 Å². The topological polar surface area (TPSA) is 63.7 Å². The number of thiazole rings is 1. The Kier molecular flexibility index (Phi) is 3.47. The molecule has 0 radical (unpaired) electrons. The fourth-order valence-electron chi connectivity index (χ4n) is 1.86. The maximum atomic E-state index is 5.88. The summed E-state index contributed by atoms with van der Waals surface area (Å²) >= 11 is 1.67. The van der Waals surface area contributed by atoms with E-state index in [0.717, 1.165) is 22.0 Å². The van der Waals surface area contributed by atoms with Crippen molar-refractivity contribution in [2.24, 2.45) is 0 Å². The van der Waals surface area contributed by atoms with E-state index in [0.29, 0.717) is 12.4 Å². The molecule has 0 aliphatic heterocycles. The van der Waals surface area contributed by atoms with Gasteiger partial charge in [-0.3, -0.25) is 5.10 Å². The molecule has 0 bridgehead atoms. The van der Waals surface area contributed by atoms with E-state index in [9.17, 15) is 0 Å². The van der Waals surface area contributed by atoms with Crippen LogP contribution in [-0.4, -0.2) is 20.2 Å². The first-order chi connectivity index (χ1) is 9.74. The second kappa shape index (κ2) is 5.42. The van der Waals surface area contributed by atoms with Gasteiger partial charge in [-0.15, -0.1) is 11.3 Å². The molecule has 0 amide bonds. The third-order valence-corrected chi connectivity index (χ3v) is 4.03. The molecule has 5 nitrogen and oxygen atoms in total. The number of aromatic amines is 1. The molecule has 0 unspecified atom stereocenters. The fraction of sp³-hybridized carbons (Fsp3) is 0.214. The highest BCUT2D eigenvalue weighted by Crippen LogP contribution is 2.28. The van der Waals surface area contributed by atoms with Crippen LogP contribution in [0.25, 0.3) is 11.4 Å². The zero-order chi connectivity index (χ0) is 13.9. The monoisotopic (exact) mass is 286 g/mol. The summed E-state index contributed by atoms with van der Waals surface area (Å²) < 4.78 is 5.88. The minimum Gasteiger partial charge on any atom is -0.486 e. The highest BCUT2D eigenvalue weighted by molar-refractivity contribution is 7.11. The van der Waals surface area contributed by atoms with Gasteiger partial charge in [0.05, 0.1) is 11.3 Å². The molecule has 0 aliphatic rings. The molecular weight excluding hydrogens is 272 g/mol. The van der Waals surface area contributed by atoms with Gasteiger partial charge in [0.25, 0.3) is 0 Å². The van der Waals surface area contributed by atoms with Gasteiger partial charge in [-0.1, -0.05) is 12.1 Å². The van der Waals surface area contributed by atoms with Crippen molar-refractivity contribution < 1.29 is 4.74 Å². The first-order valence-corrected chi connectivity index (χ1v) is 7.06. The summed E-state index contributed by atoms with van der Waals surface area (Å²) in [6.45, 7) is 4.54. The van der Waals surface area contributed by atoms with Crippen molar-refractivity contribution in [2.75, 3.05) is 0 Å². The molecule has 0 saturated heterocycles. The van der Waals surface area contributed by atoms with Gasteiger partial charge in [-0.2, -0.15) is 5.10 Å². The van der Waals surface area contributed by atoms with Crippen LogP contribution in [0.3, 0.4) is 0 Å². The smallest absolute Gasteiger partial charge is 0.159 e. The molecule has 102 valence electrons. The van der Waals surface area contributed by atoms with Crippen LogP contribution < -0.4 is 4.74 Å². The summed E-state index contributed by atoms with van der Waals surface area (Å²) in [5.74, 6) is 1.47. The largest absolute Gasteiger partial charge is 0.486 e. The zero-order valence-electron chi connectivity index (χ0n) is 11.3. The van der Waals surface area contributed by atoms with Crippen molar-refractivity contribution in [3.63, 3.8) is 0 Å². The van der Waals surface area contributed by atoms with Gasteiger partial charge in [0.15, 0.2) is 5.82 Å². The number of aryl methyl sites for hydroxylation is 2. The van der Waals surface area contributed by atoms with Gasteiger partial charge in [-0.25, -0.2) is 9.97 Å². The Morgan fingerprint density at radius 1 is 1.25 bits per heavy atom. The van der Waals surface area contributed by atoms with E-state index in [-0.39, 0.29) is 0 Å². The van der Waals surface area contributed by atoms with E-state index in [1.165, 1.54) is 11.2 Å². The number of para-hydroxylation sites is 1. The van der Waals surface area contributed by atoms with Gasteiger partial charge >= 0.3 is 0 Å². The molecule has 0 aliphatic carbocycles. The summed E-state index contributed by atoms with van der Waals surface area (Å²) in [4.78, 5) is 9.86. The lowest BCUT2D eigenvalue weighted by Gasteiger charge is -2.08. The first-order valence-electron chi connectivity index (χ1n) is 6.24. The minimum atomic E-state index is 0.463. The van der Waals surface area contributed by atoms with Crippen molar-refractivity contribution in [2.45, 2.75) is 20.5 Å². The van der Waals surface area contributed by atoms with Gasteiger partial charge in [0.2, 0.25) is 0 Å². The average molecular weight is 286 g/mol. The third-order valence-electron chi connectivity index (χ3n) is 2.98. The zero-order valence-corrected chi connectivity index (χ0v) is 12.1. The predicted molar refractivity (Wildman–Crippen MR) is 77.7 cm³/mol. The predicted octanol–water partition coefficient (Wildman–Crippen LogP) is 3.12. The van der Waals surface area contributed by atoms with Crippen molar-refractivity contribution in [3.05, 3.63) is 46.2 Å². The number of ether oxygens (including phenoxy) is 1. The second-order valence-corrected chi connectivity index (χ2v) is 5.66. The Bertz CT molecular complexity index is 686. The molecular formula is C14H14N4OS. The SMILES string of the molecule is Cc1nc(COc2ccccc2-c2ncn[nH]2)sc1C. The summed E-state index contributed by atoms with van der Waals surface area (Å²) in [6, 6.07) is 7.76. The van der Waals surface area contributed by atoms with Crippen LogP contribution in [0.5, 0.6) is 5.75 Å². The van der Waals surface area contributed by atoms with Crippen LogP contribution in [0.2, 0.25) is 0 Å². The summed E-state index contributed by atoms with van der Waals surface area (Å²) in [5.41, 5.74) is 1.96. The van der Waals surface area contributed by atoms with Crippen molar-refractivity contribution in [1.82, 2.24) is 20.2 Å². The number of aromatic nitrogens is 4. The lowest BCUT2D eigenvalue weighted by molar-refractivity contribution is 0.306. The highest BCUT2D eigenvalue weighted by atomic mass is 32.1. The van der Waals surface area contributed by atoms with E-state index < -0.39 is 0 Å². The van der Waals surface area contributed by atoms with E-state index in [1.807, 2.05) is 31.2 Å². The Labute approximate surface area is 120 Å². The first kappa shape index (κ1) is 12.8. The van der Waals surface area contributed by atoms with Gasteiger partial charge in [0, 0.05) is 4.88 Å². The molecule has 3 rings (SSSR count). The Hall–Kier alpha value is -2.21. The standard InChI is InChI=1S/C14H14N4OS/c1-9-10(2)20-13(17-9)7-19-12-6-4-3-5-11(12)14-15-8-16-18-14/h3-6,8H,7H2,1-2H3,(H,15,16,18). The second-order valence-electron chi connectivity index (χ2n) is 4.37. The molecule has 0 saturated carbocycles. The molecule has 20 heavy (non-hydrogen) atoms. The Morgan fingerprint density at radius 2 is 2.10 bits per heavy atom. The number of nitrogens with one attached hydrogen (secondary N) is 1. The van der Waals surface area contributed by atoms with Crippen molar-refractivity contribution in [3.8, 4) is 17.1 Å². The molecule has 2 aromatic heterocycles. The number of rotatable bonds is 4. The fourth-order valence-corrected chi connectivity index (χ4v) is 2.71. The van der Waals surface area contributed by atoms with Crippen LogP contribution in [0.15, 0.2) is 30.6 Å². The maximum absolute atomic E-state index is 5.88. The average Bonchev–Trinajstić information content (AvgIpc) is 3.08. The number of benzene rings is 1. The number of hydrogen-bond acceptors (Lipinski definition) is 5. The Balaban J connectivity index is 1.81. The molecule has 1 N–H and O–H groups in total. The lowest BCUT2D eigenvalue weighted by atomic mass is 10.2. The van der Waals surface area contributed by atoms with E-state index >= 15 is 0 Å². The molecule has 6 heteroatoms. The Morgan fingerprint density at radius 3 is 2.80 bits per heavy atom. The number of H-pyrrole nitrogens is 1. The van der Waals surface area contributed by atoms with E-state index in [4.69, 9.17) is 4.74 Å². The van der Waals surface area contributed by atoms with Crippen LogP contribution in [0.1, 0.15) is 15.6 Å². The molecule has 1 aromatic carbocycles. The van der Waals surface area contributed by atoms with Gasteiger partial charge < -0.3 is 4.74 Å². The molecule has 3 aromatic rings. The third kappa shape index (κ3) is 2.55. The van der Waals surface area contributed by atoms with Crippen molar-refractivity contribution >= 4 is 11.3 Å². The quantitative estimate of drug-likeness (QED) is 0.800. The lowest BCUT2D eigenvalue weighted by Crippen LogP contribution is -1.97. The van der Waals surface area contributed by atoms with E-state index in [1.54, 1.807) is 11.3 Å². The summed E-state index contributed by atoms with van der Waals surface area (Å²) in [5, 5.41) is 7.70. The summed E-state index contributed by atoms with van der Waals surface area (Å²) in [6.07, 6.45) is 1.49. The van der Waals surface area contributed by atoms with Gasteiger partial charge in [-0.05, 0) is 26.0 Å². The van der Waals surface area contributed by atoms with Gasteiger partial charge in [0.1, 0.15) is 23.7 Å². The number of nitrogens with zero attached hydrogens (tertiary/aromatic N) is 3. The minimum absolute atomic E-state index is 0.463. The van der Waals surface area contributed by atoms with Crippen LogP contribution >= 0.6 is 11.3 Å². The van der Waals surface area contributed by atoms with Crippen LogP contribution in [0, 0.1) is 13.8 Å². The number of hydrogen-bond donors (Lipinski definition) is 1. The summed E-state index contributed by atoms with van der Waals surface area (Å²) in [7, 11) is 0. The maximum Gasteiger partial charge on any atom is 0.159 e. The van der Waals surface area contributed by atoms with Crippen LogP contribution in [-0.2, 0) is 6.61 Å². The van der Waals surface area contributed by atoms with Crippen LogP contribution in [0.4, 0.5) is 0 Å². The normalized spacial score (nSPS) is 10.7. The molecule has 0 spiro atoms. The van der Waals surface area contributed by atoms with Crippen molar-refractivity contribution in [1.29, 1.82) is 0 Å². The molecule has 2 heterocycles.